The second-order valence-corrected chi connectivity index (χ2v) is 8.15. The molecule has 0 saturated carbocycles. The largest absolute Gasteiger partial charge is 0.497 e. The van der Waals surface area contributed by atoms with Gasteiger partial charge in [-0.05, 0) is 37.6 Å². The van der Waals surface area contributed by atoms with Gasteiger partial charge in [0.15, 0.2) is 0 Å². The molecule has 1 atom stereocenters. The zero-order valence-corrected chi connectivity index (χ0v) is 21.1. The van der Waals surface area contributed by atoms with Crippen LogP contribution in [-0.2, 0) is 22.4 Å². The smallest absolute Gasteiger partial charge is 0.227 e. The van der Waals surface area contributed by atoms with Gasteiger partial charge in [0.25, 0.3) is 0 Å². The third-order valence-electron chi connectivity index (χ3n) is 5.59. The average molecular weight is 484 g/mol. The quantitative estimate of drug-likeness (QED) is 0.349. The van der Waals surface area contributed by atoms with Gasteiger partial charge in [0.1, 0.15) is 11.5 Å². The van der Waals surface area contributed by atoms with Gasteiger partial charge in [0.05, 0.1) is 43.4 Å². The van der Waals surface area contributed by atoms with Gasteiger partial charge >= 0.3 is 0 Å². The van der Waals surface area contributed by atoms with Gasteiger partial charge in [-0.1, -0.05) is 31.2 Å². The number of rotatable bonds is 15. The third kappa shape index (κ3) is 7.53. The van der Waals surface area contributed by atoms with Crippen molar-refractivity contribution in [3.8, 4) is 23.1 Å². The summed E-state index contributed by atoms with van der Waals surface area (Å²) in [5.74, 6) is 2.01. The fourth-order valence-electron chi connectivity index (χ4n) is 3.83. The van der Waals surface area contributed by atoms with Crippen molar-refractivity contribution >= 4 is 0 Å². The zero-order valence-electron chi connectivity index (χ0n) is 21.1. The molecule has 3 aromatic rings. The maximum Gasteiger partial charge on any atom is 0.227 e. The zero-order chi connectivity index (χ0) is 25.0. The molecule has 1 heterocycles. The standard InChI is InChI=1S/C27H37N3O5/c1-5-26-25(19-29(15-16-32-3)18-22(31)20-34-6-2)27(30(28-26)21-11-8-7-9-12-21)35-24-14-10-13-23(17-24)33-4/h7-14,17,22,31H,5-6,15-16,18-20H2,1-4H3/t22-/m1/s1. The van der Waals surface area contributed by atoms with Crippen LogP contribution in [0, 0.1) is 0 Å². The van der Waals surface area contributed by atoms with E-state index in [2.05, 4.69) is 11.8 Å². The van der Waals surface area contributed by atoms with Crippen LogP contribution in [-0.4, -0.2) is 73.0 Å². The number of benzene rings is 2. The predicted molar refractivity (Wildman–Crippen MR) is 136 cm³/mol. The Morgan fingerprint density at radius 1 is 1.03 bits per heavy atom. The first-order valence-electron chi connectivity index (χ1n) is 12.0. The van der Waals surface area contributed by atoms with Gasteiger partial charge in [-0.2, -0.15) is 5.10 Å². The van der Waals surface area contributed by atoms with Gasteiger partial charge in [0.2, 0.25) is 5.88 Å². The van der Waals surface area contributed by atoms with E-state index >= 15 is 0 Å². The molecule has 0 bridgehead atoms. The Labute approximate surface area is 208 Å². The van der Waals surface area contributed by atoms with E-state index in [1.165, 1.54) is 0 Å². The minimum absolute atomic E-state index is 0.289. The highest BCUT2D eigenvalue weighted by molar-refractivity contribution is 5.44. The van der Waals surface area contributed by atoms with Crippen molar-refractivity contribution < 1.29 is 24.1 Å². The highest BCUT2D eigenvalue weighted by atomic mass is 16.5. The van der Waals surface area contributed by atoms with Crippen molar-refractivity contribution in [2.75, 3.05) is 47.1 Å². The number of aliphatic hydroxyl groups is 1. The Kier molecular flexibility index (Phi) is 10.6. The van der Waals surface area contributed by atoms with Crippen molar-refractivity contribution in [3.63, 3.8) is 0 Å². The maximum atomic E-state index is 10.5. The van der Waals surface area contributed by atoms with Crippen molar-refractivity contribution in [2.45, 2.75) is 32.9 Å². The second-order valence-electron chi connectivity index (χ2n) is 8.15. The molecular weight excluding hydrogens is 446 g/mol. The Bertz CT molecular complexity index is 1020. The molecule has 0 fully saturated rings. The molecule has 0 radical (unpaired) electrons. The molecule has 0 saturated heterocycles. The lowest BCUT2D eigenvalue weighted by atomic mass is 10.1. The van der Waals surface area contributed by atoms with Gasteiger partial charge < -0.3 is 24.1 Å². The molecule has 0 aliphatic rings. The minimum Gasteiger partial charge on any atom is -0.497 e. The predicted octanol–water partition coefficient (Wildman–Crippen LogP) is 4.08. The number of hydrogen-bond donors (Lipinski definition) is 1. The van der Waals surface area contributed by atoms with Crippen LogP contribution >= 0.6 is 0 Å². The van der Waals surface area contributed by atoms with Gasteiger partial charge in [0, 0.05) is 39.4 Å². The molecule has 3 rings (SSSR count). The SMILES string of the molecule is CCOC[C@H](O)CN(CCOC)Cc1c(CC)nn(-c2ccccc2)c1Oc1cccc(OC)c1. The summed E-state index contributed by atoms with van der Waals surface area (Å²) in [6.45, 7) is 7.04. The van der Waals surface area contributed by atoms with E-state index in [1.807, 2.05) is 66.2 Å². The Morgan fingerprint density at radius 3 is 2.49 bits per heavy atom. The molecule has 1 aromatic heterocycles. The van der Waals surface area contributed by atoms with Gasteiger partial charge in [-0.3, -0.25) is 4.90 Å². The van der Waals surface area contributed by atoms with Crippen molar-refractivity contribution in [1.82, 2.24) is 14.7 Å². The van der Waals surface area contributed by atoms with Crippen LogP contribution in [0.15, 0.2) is 54.6 Å². The molecule has 0 aliphatic heterocycles. The number of methoxy groups -OCH3 is 2. The number of aliphatic hydroxyl groups excluding tert-OH is 1. The summed E-state index contributed by atoms with van der Waals surface area (Å²) in [6.07, 6.45) is 0.132. The Hall–Kier alpha value is -2.91. The average Bonchev–Trinajstić information content (AvgIpc) is 3.23. The summed E-state index contributed by atoms with van der Waals surface area (Å²) in [4.78, 5) is 2.15. The van der Waals surface area contributed by atoms with Crippen LogP contribution in [0.4, 0.5) is 0 Å². The van der Waals surface area contributed by atoms with E-state index in [0.717, 1.165) is 23.4 Å². The summed E-state index contributed by atoms with van der Waals surface area (Å²) in [7, 11) is 3.31. The Balaban J connectivity index is 2.00. The van der Waals surface area contributed by atoms with Gasteiger partial charge in [-0.15, -0.1) is 0 Å². The first-order valence-corrected chi connectivity index (χ1v) is 12.0. The number of hydrogen-bond acceptors (Lipinski definition) is 7. The topological polar surface area (TPSA) is 78.2 Å². The van der Waals surface area contributed by atoms with Crippen LogP contribution < -0.4 is 9.47 Å². The highest BCUT2D eigenvalue weighted by Crippen LogP contribution is 2.33. The van der Waals surface area contributed by atoms with Gasteiger partial charge in [-0.25, -0.2) is 4.68 Å². The van der Waals surface area contributed by atoms with Crippen molar-refractivity contribution in [3.05, 3.63) is 65.9 Å². The van der Waals surface area contributed by atoms with E-state index in [1.54, 1.807) is 14.2 Å². The number of aryl methyl sites for hydroxylation is 1. The summed E-state index contributed by atoms with van der Waals surface area (Å²) in [5.41, 5.74) is 2.82. The summed E-state index contributed by atoms with van der Waals surface area (Å²) in [6, 6.07) is 17.5. The lowest BCUT2D eigenvalue weighted by Crippen LogP contribution is -2.36. The number of para-hydroxylation sites is 1. The summed E-state index contributed by atoms with van der Waals surface area (Å²) in [5, 5.41) is 15.4. The fourth-order valence-corrected chi connectivity index (χ4v) is 3.83. The molecule has 0 unspecified atom stereocenters. The molecular formula is C27H37N3O5. The number of aromatic nitrogens is 2. The van der Waals surface area contributed by atoms with Crippen LogP contribution in [0.5, 0.6) is 17.4 Å². The molecule has 0 amide bonds. The van der Waals surface area contributed by atoms with Crippen LogP contribution in [0.2, 0.25) is 0 Å². The van der Waals surface area contributed by atoms with Crippen LogP contribution in [0.1, 0.15) is 25.1 Å². The van der Waals surface area contributed by atoms with E-state index in [4.69, 9.17) is 24.0 Å². The summed E-state index contributed by atoms with van der Waals surface area (Å²) >= 11 is 0. The molecule has 0 spiro atoms. The third-order valence-corrected chi connectivity index (χ3v) is 5.59. The minimum atomic E-state index is -0.608. The van der Waals surface area contributed by atoms with Crippen molar-refractivity contribution in [1.29, 1.82) is 0 Å². The van der Waals surface area contributed by atoms with E-state index in [9.17, 15) is 5.11 Å². The molecule has 0 aliphatic carbocycles. The van der Waals surface area contributed by atoms with E-state index in [0.29, 0.717) is 50.2 Å². The maximum absolute atomic E-state index is 10.5. The normalized spacial score (nSPS) is 12.2. The first kappa shape index (κ1) is 26.7. The molecule has 1 N–H and O–H groups in total. The molecule has 35 heavy (non-hydrogen) atoms. The second kappa shape index (κ2) is 13.8. The van der Waals surface area contributed by atoms with E-state index < -0.39 is 6.10 Å². The lowest BCUT2D eigenvalue weighted by molar-refractivity contribution is 0.0147. The number of nitrogens with zero attached hydrogens (tertiary/aromatic N) is 3. The molecule has 190 valence electrons. The lowest BCUT2D eigenvalue weighted by Gasteiger charge is -2.25. The highest BCUT2D eigenvalue weighted by Gasteiger charge is 2.24. The molecule has 2 aromatic carbocycles. The number of ether oxygens (including phenoxy) is 4. The van der Waals surface area contributed by atoms with E-state index in [-0.39, 0.29) is 6.61 Å². The Morgan fingerprint density at radius 2 is 1.80 bits per heavy atom. The van der Waals surface area contributed by atoms with Crippen molar-refractivity contribution in [2.24, 2.45) is 0 Å². The molecule has 8 heteroatoms. The molecule has 8 nitrogen and oxygen atoms in total. The van der Waals surface area contributed by atoms with Crippen LogP contribution in [0.3, 0.4) is 0 Å². The summed E-state index contributed by atoms with van der Waals surface area (Å²) < 4.78 is 24.5. The first-order chi connectivity index (χ1) is 17.1. The monoisotopic (exact) mass is 483 g/mol. The van der Waals surface area contributed by atoms with Crippen LogP contribution in [0.25, 0.3) is 5.69 Å². The fraction of sp³-hybridized carbons (Fsp3) is 0.444.